The quantitative estimate of drug-likeness (QED) is 0.789. The van der Waals surface area contributed by atoms with Gasteiger partial charge in [-0.2, -0.15) is 0 Å². The normalized spacial score (nSPS) is 10.6. The smallest absolute Gasteiger partial charge is 0.410 e. The van der Waals surface area contributed by atoms with Crippen molar-refractivity contribution in [3.63, 3.8) is 0 Å². The van der Waals surface area contributed by atoms with Gasteiger partial charge in [0.25, 0.3) is 0 Å². The summed E-state index contributed by atoms with van der Waals surface area (Å²) in [6.45, 7) is 7.92. The van der Waals surface area contributed by atoms with E-state index in [0.29, 0.717) is 16.5 Å². The molecule has 3 nitrogen and oxygen atoms in total. The van der Waals surface area contributed by atoms with Gasteiger partial charge in [0.05, 0.1) is 0 Å². The number of nitrogens with one attached hydrogen (secondary N) is 1. The number of benzene rings is 2. The Morgan fingerprint density at radius 2 is 1.91 bits per heavy atom. The highest BCUT2D eigenvalue weighted by Gasteiger charge is 2.14. The molecule has 22 heavy (non-hydrogen) atoms. The van der Waals surface area contributed by atoms with Crippen molar-refractivity contribution in [1.82, 2.24) is 0 Å². The Balaban J connectivity index is 2.19. The van der Waals surface area contributed by atoms with E-state index in [1.165, 1.54) is 0 Å². The zero-order valence-corrected chi connectivity index (χ0v) is 14.0. The molecule has 0 saturated carbocycles. The minimum absolute atomic E-state index is 0.208. The molecule has 0 aliphatic carbocycles. The number of rotatable bonds is 3. The molecule has 0 bridgehead atoms. The van der Waals surface area contributed by atoms with Crippen molar-refractivity contribution in [3.05, 3.63) is 58.1 Å². The zero-order chi connectivity index (χ0) is 16.3. The van der Waals surface area contributed by atoms with Crippen LogP contribution in [0.5, 0.6) is 5.75 Å². The van der Waals surface area contributed by atoms with E-state index < -0.39 is 6.09 Å². The molecule has 0 aliphatic heterocycles. The lowest BCUT2D eigenvalue weighted by Crippen LogP contribution is -2.17. The molecule has 0 aromatic heterocycles. The van der Waals surface area contributed by atoms with Gasteiger partial charge >= 0.3 is 6.09 Å². The van der Waals surface area contributed by atoms with Gasteiger partial charge in [0.2, 0.25) is 0 Å². The summed E-state index contributed by atoms with van der Waals surface area (Å²) in [6.07, 6.45) is -0.505. The van der Waals surface area contributed by atoms with E-state index in [1.807, 2.05) is 58.0 Å². The minimum Gasteiger partial charge on any atom is -0.410 e. The number of halogens is 1. The molecule has 0 spiro atoms. The van der Waals surface area contributed by atoms with Crippen LogP contribution in [0.25, 0.3) is 0 Å². The van der Waals surface area contributed by atoms with E-state index in [-0.39, 0.29) is 5.92 Å². The first-order valence-corrected chi connectivity index (χ1v) is 7.60. The van der Waals surface area contributed by atoms with E-state index in [0.717, 1.165) is 16.7 Å². The molecule has 0 fully saturated rings. The van der Waals surface area contributed by atoms with Gasteiger partial charge in [-0.1, -0.05) is 37.6 Å². The van der Waals surface area contributed by atoms with Crippen LogP contribution < -0.4 is 10.1 Å². The van der Waals surface area contributed by atoms with Crippen molar-refractivity contribution in [3.8, 4) is 5.75 Å². The van der Waals surface area contributed by atoms with Gasteiger partial charge in [-0.25, -0.2) is 4.79 Å². The summed E-state index contributed by atoms with van der Waals surface area (Å²) in [4.78, 5) is 12.1. The average molecular weight is 318 g/mol. The van der Waals surface area contributed by atoms with Crippen LogP contribution in [-0.4, -0.2) is 6.09 Å². The summed E-state index contributed by atoms with van der Waals surface area (Å²) in [7, 11) is 0. The Morgan fingerprint density at radius 1 is 1.18 bits per heavy atom. The molecular formula is C18H20ClNO2. The number of carbonyl (C=O) groups is 1. The van der Waals surface area contributed by atoms with Gasteiger partial charge in [-0.3, -0.25) is 5.32 Å². The van der Waals surface area contributed by atoms with Crippen LogP contribution in [0.3, 0.4) is 0 Å². The third kappa shape index (κ3) is 4.01. The lowest BCUT2D eigenvalue weighted by atomic mass is 10.0. The maximum Gasteiger partial charge on any atom is 0.417 e. The van der Waals surface area contributed by atoms with Crippen molar-refractivity contribution in [2.24, 2.45) is 0 Å². The topological polar surface area (TPSA) is 38.3 Å². The number of hydrogen-bond acceptors (Lipinski definition) is 2. The number of carbonyl (C=O) groups excluding carboxylic acids is 1. The van der Waals surface area contributed by atoms with Crippen LogP contribution in [0, 0.1) is 13.8 Å². The van der Waals surface area contributed by atoms with Crippen LogP contribution in [0.15, 0.2) is 36.4 Å². The maximum atomic E-state index is 12.1. The van der Waals surface area contributed by atoms with Gasteiger partial charge in [0.1, 0.15) is 5.75 Å². The lowest BCUT2D eigenvalue weighted by molar-refractivity contribution is 0.214. The van der Waals surface area contributed by atoms with Crippen molar-refractivity contribution in [2.45, 2.75) is 33.6 Å². The predicted molar refractivity (Wildman–Crippen MR) is 91.1 cm³/mol. The van der Waals surface area contributed by atoms with E-state index in [1.54, 1.807) is 6.07 Å². The Hall–Kier alpha value is -2.00. The van der Waals surface area contributed by atoms with Gasteiger partial charge in [0.15, 0.2) is 0 Å². The van der Waals surface area contributed by atoms with Crippen molar-refractivity contribution >= 4 is 23.4 Å². The second-order valence-corrected chi connectivity index (χ2v) is 6.09. The molecule has 1 amide bonds. The Bertz CT molecular complexity index is 695. The molecule has 116 valence electrons. The molecule has 2 aromatic carbocycles. The first kappa shape index (κ1) is 16.4. The number of aryl methyl sites for hydroxylation is 2. The molecule has 1 N–H and O–H groups in total. The summed E-state index contributed by atoms with van der Waals surface area (Å²) in [5, 5.41) is 3.41. The largest absolute Gasteiger partial charge is 0.417 e. The number of ether oxygens (including phenoxy) is 1. The van der Waals surface area contributed by atoms with Crippen molar-refractivity contribution < 1.29 is 9.53 Å². The fourth-order valence-electron chi connectivity index (χ4n) is 2.18. The van der Waals surface area contributed by atoms with Crippen LogP contribution in [0.2, 0.25) is 5.02 Å². The lowest BCUT2D eigenvalue weighted by Gasteiger charge is -2.15. The van der Waals surface area contributed by atoms with Crippen LogP contribution in [0.1, 0.15) is 36.5 Å². The summed E-state index contributed by atoms with van der Waals surface area (Å²) in [5.41, 5.74) is 3.57. The van der Waals surface area contributed by atoms with Crippen molar-refractivity contribution in [1.29, 1.82) is 0 Å². The molecular weight excluding hydrogens is 298 g/mol. The van der Waals surface area contributed by atoms with Gasteiger partial charge in [-0.15, -0.1) is 0 Å². The molecule has 0 radical (unpaired) electrons. The summed E-state index contributed by atoms with van der Waals surface area (Å²) >= 11 is 6.16. The van der Waals surface area contributed by atoms with E-state index in [2.05, 4.69) is 5.32 Å². The molecule has 0 aliphatic rings. The Labute approximate surface area is 136 Å². The van der Waals surface area contributed by atoms with Gasteiger partial charge in [-0.05, 0) is 60.7 Å². The molecule has 0 saturated heterocycles. The number of anilines is 1. The Kier molecular flexibility index (Phi) is 5.09. The number of hydrogen-bond donors (Lipinski definition) is 1. The third-order valence-corrected chi connectivity index (χ3v) is 3.79. The van der Waals surface area contributed by atoms with Gasteiger partial charge in [0, 0.05) is 10.7 Å². The molecule has 4 heteroatoms. The molecule has 0 unspecified atom stereocenters. The highest BCUT2D eigenvalue weighted by atomic mass is 35.5. The minimum atomic E-state index is -0.505. The monoisotopic (exact) mass is 317 g/mol. The highest BCUT2D eigenvalue weighted by molar-refractivity contribution is 6.31. The fourth-order valence-corrected chi connectivity index (χ4v) is 2.35. The highest BCUT2D eigenvalue weighted by Crippen LogP contribution is 2.32. The standard InChI is InChI=1S/C18H20ClNO2/c1-11(2)15-10-16(19)13(4)9-17(15)22-18(21)20-14-7-5-6-12(3)8-14/h5-11H,1-4H3,(H,20,21). The van der Waals surface area contributed by atoms with Crippen LogP contribution >= 0.6 is 11.6 Å². The van der Waals surface area contributed by atoms with Crippen LogP contribution in [-0.2, 0) is 0 Å². The van der Waals surface area contributed by atoms with E-state index in [9.17, 15) is 4.79 Å². The molecule has 2 aromatic rings. The molecule has 0 atom stereocenters. The maximum absolute atomic E-state index is 12.1. The first-order valence-electron chi connectivity index (χ1n) is 7.22. The summed E-state index contributed by atoms with van der Waals surface area (Å²) in [6, 6.07) is 11.2. The fraction of sp³-hybridized carbons (Fsp3) is 0.278. The number of amides is 1. The first-order chi connectivity index (χ1) is 10.4. The second-order valence-electron chi connectivity index (χ2n) is 5.68. The van der Waals surface area contributed by atoms with E-state index >= 15 is 0 Å². The van der Waals surface area contributed by atoms with Crippen molar-refractivity contribution in [2.75, 3.05) is 5.32 Å². The second kappa shape index (κ2) is 6.84. The predicted octanol–water partition coefficient (Wildman–Crippen LogP) is 5.69. The molecule has 2 rings (SSSR count). The van der Waals surface area contributed by atoms with E-state index in [4.69, 9.17) is 16.3 Å². The third-order valence-electron chi connectivity index (χ3n) is 3.38. The zero-order valence-electron chi connectivity index (χ0n) is 13.2. The van der Waals surface area contributed by atoms with Gasteiger partial charge < -0.3 is 4.74 Å². The Morgan fingerprint density at radius 3 is 2.55 bits per heavy atom. The molecule has 0 heterocycles. The SMILES string of the molecule is Cc1cccc(NC(=O)Oc2cc(C)c(Cl)cc2C(C)C)c1. The van der Waals surface area contributed by atoms with Crippen LogP contribution in [0.4, 0.5) is 10.5 Å². The summed E-state index contributed by atoms with van der Waals surface area (Å²) < 4.78 is 5.48. The summed E-state index contributed by atoms with van der Waals surface area (Å²) in [5.74, 6) is 0.752. The average Bonchev–Trinajstić information content (AvgIpc) is 2.42.